The molecule has 0 saturated carbocycles. The van der Waals surface area contributed by atoms with Gasteiger partial charge in [0.2, 0.25) is 0 Å². The molecule has 0 N–H and O–H groups in total. The predicted octanol–water partition coefficient (Wildman–Crippen LogP) is 3.56. The summed E-state index contributed by atoms with van der Waals surface area (Å²) in [5, 5.41) is 5.00. The average molecular weight is 396 g/mol. The number of aromatic nitrogens is 2. The number of fused-ring (bicyclic) bond motifs is 1. The number of benzene rings is 2. The highest BCUT2D eigenvalue weighted by atomic mass is 127. The molecular weight excluding hydrogens is 386 g/mol. The summed E-state index contributed by atoms with van der Waals surface area (Å²) < 4.78 is 20.4. The number of hydrogen-bond donors (Lipinski definition) is 0. The minimum absolute atomic E-state index is 0.306. The summed E-state index contributed by atoms with van der Waals surface area (Å²) in [6.07, 6.45) is 1.61. The first-order valence-electron chi connectivity index (χ1n) is 6.11. The average Bonchev–Trinajstić information content (AvgIpc) is 2.90. The van der Waals surface area contributed by atoms with Crippen molar-refractivity contribution in [3.05, 3.63) is 57.5 Å². The Labute approximate surface area is 133 Å². The molecule has 0 amide bonds. The Morgan fingerprint density at radius 3 is 2.67 bits per heavy atom. The highest BCUT2D eigenvalue weighted by Crippen LogP contribution is 2.25. The zero-order valence-corrected chi connectivity index (χ0v) is 13.2. The van der Waals surface area contributed by atoms with Gasteiger partial charge >= 0.3 is 5.97 Å². The standard InChI is InChI=1S/C15H10FIN2O2/c1-21-15(20)12-6-10(17)7-14-13(12)8-18-19(14)11-4-2-9(16)3-5-11/h2-8H,1H3. The monoisotopic (exact) mass is 396 g/mol. The van der Waals surface area contributed by atoms with Crippen LogP contribution in [-0.4, -0.2) is 22.9 Å². The van der Waals surface area contributed by atoms with Crippen molar-refractivity contribution in [3.8, 4) is 5.69 Å². The van der Waals surface area contributed by atoms with Gasteiger partial charge in [-0.3, -0.25) is 0 Å². The van der Waals surface area contributed by atoms with Crippen LogP contribution in [0.15, 0.2) is 42.6 Å². The third-order valence-electron chi connectivity index (χ3n) is 3.13. The molecule has 6 heteroatoms. The minimum atomic E-state index is -0.405. The van der Waals surface area contributed by atoms with E-state index in [-0.39, 0.29) is 5.82 Å². The number of ether oxygens (including phenoxy) is 1. The van der Waals surface area contributed by atoms with Crippen molar-refractivity contribution >= 4 is 39.5 Å². The summed E-state index contributed by atoms with van der Waals surface area (Å²) in [6, 6.07) is 9.69. The highest BCUT2D eigenvalue weighted by Gasteiger charge is 2.15. The Bertz CT molecular complexity index is 828. The molecule has 0 fully saturated rings. The van der Waals surface area contributed by atoms with E-state index in [1.165, 1.54) is 19.2 Å². The molecule has 0 unspecified atom stereocenters. The number of halogens is 2. The van der Waals surface area contributed by atoms with Crippen molar-refractivity contribution in [1.29, 1.82) is 0 Å². The molecule has 0 radical (unpaired) electrons. The van der Waals surface area contributed by atoms with E-state index >= 15 is 0 Å². The quantitative estimate of drug-likeness (QED) is 0.492. The highest BCUT2D eigenvalue weighted by molar-refractivity contribution is 14.1. The molecule has 0 saturated heterocycles. The van der Waals surface area contributed by atoms with Gasteiger partial charge in [-0.2, -0.15) is 5.10 Å². The van der Waals surface area contributed by atoms with Crippen LogP contribution in [-0.2, 0) is 4.74 Å². The molecule has 0 spiro atoms. The molecule has 0 aliphatic heterocycles. The second kappa shape index (κ2) is 5.44. The first-order chi connectivity index (χ1) is 10.1. The Morgan fingerprint density at radius 2 is 2.00 bits per heavy atom. The molecule has 106 valence electrons. The maximum absolute atomic E-state index is 13.0. The first kappa shape index (κ1) is 14.0. The number of rotatable bonds is 2. The molecule has 1 heterocycles. The zero-order chi connectivity index (χ0) is 15.0. The second-order valence-corrected chi connectivity index (χ2v) is 5.66. The largest absolute Gasteiger partial charge is 0.465 e. The van der Waals surface area contributed by atoms with Crippen molar-refractivity contribution in [3.63, 3.8) is 0 Å². The molecule has 0 aliphatic carbocycles. The number of hydrogen-bond acceptors (Lipinski definition) is 3. The Kier molecular flexibility index (Phi) is 3.62. The zero-order valence-electron chi connectivity index (χ0n) is 11.0. The van der Waals surface area contributed by atoms with Crippen molar-refractivity contribution in [2.45, 2.75) is 0 Å². The van der Waals surface area contributed by atoms with E-state index in [0.29, 0.717) is 10.9 Å². The fourth-order valence-electron chi connectivity index (χ4n) is 2.16. The molecule has 0 aliphatic rings. The number of carbonyl (C=O) groups is 1. The van der Waals surface area contributed by atoms with Crippen LogP contribution in [0.3, 0.4) is 0 Å². The number of carbonyl (C=O) groups excluding carboxylic acids is 1. The Balaban J connectivity index is 2.25. The summed E-state index contributed by atoms with van der Waals surface area (Å²) in [7, 11) is 1.35. The van der Waals surface area contributed by atoms with E-state index in [4.69, 9.17) is 4.74 Å². The van der Waals surface area contributed by atoms with Crippen LogP contribution < -0.4 is 0 Å². The Morgan fingerprint density at radius 1 is 1.29 bits per heavy atom. The lowest BCUT2D eigenvalue weighted by molar-refractivity contribution is 0.0603. The van der Waals surface area contributed by atoms with Gasteiger partial charge in [-0.05, 0) is 59.0 Å². The lowest BCUT2D eigenvalue weighted by Crippen LogP contribution is -2.03. The van der Waals surface area contributed by atoms with Gasteiger partial charge in [-0.25, -0.2) is 13.9 Å². The number of methoxy groups -OCH3 is 1. The van der Waals surface area contributed by atoms with Crippen molar-refractivity contribution < 1.29 is 13.9 Å². The molecule has 0 atom stereocenters. The van der Waals surface area contributed by atoms with Gasteiger partial charge in [0.15, 0.2) is 0 Å². The maximum Gasteiger partial charge on any atom is 0.338 e. The van der Waals surface area contributed by atoms with Gasteiger partial charge in [0.05, 0.1) is 30.1 Å². The van der Waals surface area contributed by atoms with Crippen molar-refractivity contribution in [2.24, 2.45) is 0 Å². The normalized spacial score (nSPS) is 10.8. The van der Waals surface area contributed by atoms with E-state index in [2.05, 4.69) is 27.7 Å². The lowest BCUT2D eigenvalue weighted by atomic mass is 10.1. The maximum atomic E-state index is 13.0. The van der Waals surface area contributed by atoms with Crippen LogP contribution in [0.4, 0.5) is 4.39 Å². The molecule has 1 aromatic heterocycles. The van der Waals surface area contributed by atoms with Crippen LogP contribution in [0.2, 0.25) is 0 Å². The lowest BCUT2D eigenvalue weighted by Gasteiger charge is -2.06. The molecular formula is C15H10FIN2O2. The fraction of sp³-hybridized carbons (Fsp3) is 0.0667. The topological polar surface area (TPSA) is 44.1 Å². The van der Waals surface area contributed by atoms with Crippen LogP contribution in [0.5, 0.6) is 0 Å². The van der Waals surface area contributed by atoms with E-state index in [1.807, 2.05) is 6.07 Å². The van der Waals surface area contributed by atoms with E-state index in [0.717, 1.165) is 14.8 Å². The predicted molar refractivity (Wildman–Crippen MR) is 85.1 cm³/mol. The third-order valence-corrected chi connectivity index (χ3v) is 3.75. The number of esters is 1. The number of nitrogens with zero attached hydrogens (tertiary/aromatic N) is 2. The SMILES string of the molecule is COC(=O)c1cc(I)cc2c1cnn2-c1ccc(F)cc1. The first-order valence-corrected chi connectivity index (χ1v) is 7.19. The third kappa shape index (κ3) is 2.51. The van der Waals surface area contributed by atoms with Gasteiger partial charge in [0, 0.05) is 8.96 Å². The fourth-order valence-corrected chi connectivity index (χ4v) is 2.77. The molecule has 21 heavy (non-hydrogen) atoms. The van der Waals surface area contributed by atoms with E-state index in [9.17, 15) is 9.18 Å². The Hall–Kier alpha value is -1.96. The molecule has 0 bridgehead atoms. The van der Waals surface area contributed by atoms with Crippen LogP contribution in [0, 0.1) is 9.39 Å². The second-order valence-electron chi connectivity index (χ2n) is 4.41. The summed E-state index contributed by atoms with van der Waals surface area (Å²) in [5.41, 5.74) is 1.96. The molecule has 4 nitrogen and oxygen atoms in total. The molecule has 3 aromatic rings. The minimum Gasteiger partial charge on any atom is -0.465 e. The smallest absolute Gasteiger partial charge is 0.338 e. The van der Waals surface area contributed by atoms with Crippen molar-refractivity contribution in [2.75, 3.05) is 7.11 Å². The van der Waals surface area contributed by atoms with Gasteiger partial charge < -0.3 is 4.74 Å². The van der Waals surface area contributed by atoms with Crippen LogP contribution >= 0.6 is 22.6 Å². The van der Waals surface area contributed by atoms with E-state index in [1.54, 1.807) is 29.1 Å². The van der Waals surface area contributed by atoms with Gasteiger partial charge in [-0.1, -0.05) is 0 Å². The summed E-state index contributed by atoms with van der Waals surface area (Å²) >= 11 is 2.13. The van der Waals surface area contributed by atoms with Gasteiger partial charge in [0.25, 0.3) is 0 Å². The van der Waals surface area contributed by atoms with Crippen molar-refractivity contribution in [1.82, 2.24) is 9.78 Å². The van der Waals surface area contributed by atoms with Gasteiger partial charge in [0.1, 0.15) is 5.82 Å². The van der Waals surface area contributed by atoms with Gasteiger partial charge in [-0.15, -0.1) is 0 Å². The summed E-state index contributed by atoms with van der Waals surface area (Å²) in [5.74, 6) is -0.711. The molecule has 2 aromatic carbocycles. The molecule has 3 rings (SSSR count). The summed E-state index contributed by atoms with van der Waals surface area (Å²) in [6.45, 7) is 0. The summed E-state index contributed by atoms with van der Waals surface area (Å²) in [4.78, 5) is 11.9. The van der Waals surface area contributed by atoms with Crippen LogP contribution in [0.1, 0.15) is 10.4 Å². The van der Waals surface area contributed by atoms with E-state index < -0.39 is 5.97 Å². The van der Waals surface area contributed by atoms with Crippen LogP contribution in [0.25, 0.3) is 16.6 Å².